The van der Waals surface area contributed by atoms with Gasteiger partial charge in [-0.3, -0.25) is 0 Å². The monoisotopic (exact) mass is 267 g/mol. The van der Waals surface area contributed by atoms with Crippen molar-refractivity contribution in [3.63, 3.8) is 0 Å². The Hall–Kier alpha value is -0.510. The van der Waals surface area contributed by atoms with E-state index in [4.69, 9.17) is 4.74 Å². The van der Waals surface area contributed by atoms with Gasteiger partial charge in [-0.1, -0.05) is 26.0 Å². The van der Waals surface area contributed by atoms with Crippen molar-refractivity contribution in [1.82, 2.24) is 5.32 Å². The molecule has 2 atom stereocenters. The van der Waals surface area contributed by atoms with Gasteiger partial charge in [0.1, 0.15) is 0 Å². The molecule has 0 saturated carbocycles. The molecular weight excluding hydrogens is 242 g/mol. The first-order valence-corrected chi connectivity index (χ1v) is 7.54. The summed E-state index contributed by atoms with van der Waals surface area (Å²) in [6.45, 7) is 8.47. The molecule has 1 N–H and O–H groups in total. The summed E-state index contributed by atoms with van der Waals surface area (Å²) in [6.07, 6.45) is 1.17. The summed E-state index contributed by atoms with van der Waals surface area (Å²) in [7, 11) is 1.75. The average molecular weight is 267 g/mol. The molecule has 0 spiro atoms. The quantitative estimate of drug-likeness (QED) is 0.722. The highest BCUT2D eigenvalue weighted by molar-refractivity contribution is 8.00. The highest BCUT2D eigenvalue weighted by Crippen LogP contribution is 2.26. The van der Waals surface area contributed by atoms with Crippen LogP contribution in [-0.4, -0.2) is 25.5 Å². The van der Waals surface area contributed by atoms with Crippen LogP contribution in [-0.2, 0) is 4.74 Å². The van der Waals surface area contributed by atoms with Crippen LogP contribution >= 0.6 is 11.8 Å². The lowest BCUT2D eigenvalue weighted by atomic mass is 10.1. The molecule has 1 aromatic rings. The number of nitrogens with one attached hydrogen (secondary N) is 1. The Morgan fingerprint density at radius 1 is 1.33 bits per heavy atom. The second-order valence-corrected chi connectivity index (χ2v) is 6.14. The van der Waals surface area contributed by atoms with Gasteiger partial charge in [0.15, 0.2) is 0 Å². The molecule has 0 aliphatic carbocycles. The molecule has 0 radical (unpaired) electrons. The fourth-order valence-electron chi connectivity index (χ4n) is 1.84. The van der Waals surface area contributed by atoms with Gasteiger partial charge in [0.05, 0.1) is 6.61 Å². The van der Waals surface area contributed by atoms with Crippen LogP contribution in [0.1, 0.15) is 38.8 Å². The second kappa shape index (κ2) is 8.57. The summed E-state index contributed by atoms with van der Waals surface area (Å²) in [5.41, 5.74) is 1.36. The van der Waals surface area contributed by atoms with E-state index in [9.17, 15) is 0 Å². The Labute approximate surface area is 116 Å². The lowest BCUT2D eigenvalue weighted by Crippen LogP contribution is -2.19. The van der Waals surface area contributed by atoms with Gasteiger partial charge in [-0.25, -0.2) is 0 Å². The molecular formula is C15H25NOS. The van der Waals surface area contributed by atoms with Crippen molar-refractivity contribution in [2.24, 2.45) is 0 Å². The zero-order valence-corrected chi connectivity index (χ0v) is 12.7. The summed E-state index contributed by atoms with van der Waals surface area (Å²) in [4.78, 5) is 1.32. The van der Waals surface area contributed by atoms with Crippen molar-refractivity contribution in [1.29, 1.82) is 0 Å². The largest absolute Gasteiger partial charge is 0.384 e. The van der Waals surface area contributed by atoms with Crippen molar-refractivity contribution in [3.05, 3.63) is 29.8 Å². The summed E-state index contributed by atoms with van der Waals surface area (Å²) in [6, 6.07) is 9.21. The smallest absolute Gasteiger partial charge is 0.0582 e. The number of benzene rings is 1. The molecule has 0 aliphatic heterocycles. The maximum absolute atomic E-state index is 5.17. The zero-order chi connectivity index (χ0) is 13.4. The predicted molar refractivity (Wildman–Crippen MR) is 80.3 cm³/mol. The van der Waals surface area contributed by atoms with Gasteiger partial charge >= 0.3 is 0 Å². The fraction of sp³-hybridized carbons (Fsp3) is 0.600. The van der Waals surface area contributed by atoms with Crippen LogP contribution in [0.5, 0.6) is 0 Å². The minimum Gasteiger partial charge on any atom is -0.384 e. The number of hydrogen-bond donors (Lipinski definition) is 1. The van der Waals surface area contributed by atoms with E-state index in [1.165, 1.54) is 16.9 Å². The van der Waals surface area contributed by atoms with Crippen LogP contribution in [0.25, 0.3) is 0 Å². The van der Waals surface area contributed by atoms with Crippen molar-refractivity contribution in [2.75, 3.05) is 20.3 Å². The molecule has 2 unspecified atom stereocenters. The second-order valence-electron chi connectivity index (χ2n) is 4.63. The molecule has 0 heterocycles. The van der Waals surface area contributed by atoms with E-state index in [1.54, 1.807) is 7.11 Å². The first-order chi connectivity index (χ1) is 8.67. The normalized spacial score (nSPS) is 14.4. The van der Waals surface area contributed by atoms with Crippen molar-refractivity contribution in [3.8, 4) is 0 Å². The number of ether oxygens (including phenoxy) is 1. The lowest BCUT2D eigenvalue weighted by Gasteiger charge is -2.16. The van der Waals surface area contributed by atoms with E-state index < -0.39 is 0 Å². The van der Waals surface area contributed by atoms with Gasteiger partial charge in [0.2, 0.25) is 0 Å². The highest BCUT2D eigenvalue weighted by atomic mass is 32.2. The molecule has 102 valence electrons. The number of rotatable bonds is 8. The zero-order valence-electron chi connectivity index (χ0n) is 11.9. The van der Waals surface area contributed by atoms with E-state index in [0.717, 1.165) is 13.2 Å². The SMILES string of the molecule is CCCNC(C)c1cccc(SC(C)COC)c1. The number of thioether (sulfide) groups is 1. The molecule has 18 heavy (non-hydrogen) atoms. The van der Waals surface area contributed by atoms with Crippen molar-refractivity contribution >= 4 is 11.8 Å². The average Bonchev–Trinajstić information content (AvgIpc) is 2.36. The molecule has 0 saturated heterocycles. The van der Waals surface area contributed by atoms with Crippen LogP contribution in [0.15, 0.2) is 29.2 Å². The minimum atomic E-state index is 0.420. The summed E-state index contributed by atoms with van der Waals surface area (Å²) in [5.74, 6) is 0. The van der Waals surface area contributed by atoms with Crippen molar-refractivity contribution < 1.29 is 4.74 Å². The fourth-order valence-corrected chi connectivity index (χ4v) is 2.87. The Morgan fingerprint density at radius 3 is 2.78 bits per heavy atom. The maximum atomic E-state index is 5.17. The van der Waals surface area contributed by atoms with Crippen LogP contribution in [0.4, 0.5) is 0 Å². The van der Waals surface area contributed by atoms with Gasteiger partial charge in [0, 0.05) is 23.3 Å². The van der Waals surface area contributed by atoms with Crippen molar-refractivity contribution in [2.45, 2.75) is 43.4 Å². The molecule has 1 aromatic carbocycles. The molecule has 2 nitrogen and oxygen atoms in total. The minimum absolute atomic E-state index is 0.420. The van der Waals surface area contributed by atoms with Crippen LogP contribution in [0.3, 0.4) is 0 Å². The molecule has 3 heteroatoms. The van der Waals surface area contributed by atoms with Gasteiger partial charge in [-0.2, -0.15) is 0 Å². The number of hydrogen-bond acceptors (Lipinski definition) is 3. The third kappa shape index (κ3) is 5.42. The predicted octanol–water partition coefficient (Wildman–Crippen LogP) is 3.87. The highest BCUT2D eigenvalue weighted by Gasteiger charge is 2.07. The van der Waals surface area contributed by atoms with E-state index in [0.29, 0.717) is 11.3 Å². The van der Waals surface area contributed by atoms with E-state index in [-0.39, 0.29) is 0 Å². The third-order valence-electron chi connectivity index (χ3n) is 2.80. The lowest BCUT2D eigenvalue weighted by molar-refractivity contribution is 0.203. The third-order valence-corrected chi connectivity index (χ3v) is 3.86. The van der Waals surface area contributed by atoms with Crippen LogP contribution in [0, 0.1) is 0 Å². The van der Waals surface area contributed by atoms with E-state index in [1.807, 2.05) is 11.8 Å². The summed E-state index contributed by atoms with van der Waals surface area (Å²) >= 11 is 1.87. The first-order valence-electron chi connectivity index (χ1n) is 6.66. The Morgan fingerprint density at radius 2 is 2.11 bits per heavy atom. The Bertz CT molecular complexity index is 343. The van der Waals surface area contributed by atoms with Crippen LogP contribution < -0.4 is 5.32 Å². The maximum Gasteiger partial charge on any atom is 0.0582 e. The van der Waals surface area contributed by atoms with E-state index >= 15 is 0 Å². The first kappa shape index (κ1) is 15.5. The van der Waals surface area contributed by atoms with Gasteiger partial charge < -0.3 is 10.1 Å². The van der Waals surface area contributed by atoms with Crippen LogP contribution in [0.2, 0.25) is 0 Å². The van der Waals surface area contributed by atoms with Gasteiger partial charge in [-0.05, 0) is 37.6 Å². The molecule has 0 aromatic heterocycles. The van der Waals surface area contributed by atoms with E-state index in [2.05, 4.69) is 50.4 Å². The molecule has 0 bridgehead atoms. The molecule has 0 aliphatic rings. The standard InChI is InChI=1S/C15H25NOS/c1-5-9-16-13(3)14-7-6-8-15(10-14)18-12(2)11-17-4/h6-8,10,12-13,16H,5,9,11H2,1-4H3. The van der Waals surface area contributed by atoms with Gasteiger partial charge in [-0.15, -0.1) is 11.8 Å². The summed E-state index contributed by atoms with van der Waals surface area (Å²) < 4.78 is 5.17. The summed E-state index contributed by atoms with van der Waals surface area (Å²) in [5, 5.41) is 4.01. The number of methoxy groups -OCH3 is 1. The molecule has 1 rings (SSSR count). The Balaban J connectivity index is 2.61. The molecule has 0 amide bonds. The Kier molecular flexibility index (Phi) is 7.40. The molecule has 0 fully saturated rings. The topological polar surface area (TPSA) is 21.3 Å². The van der Waals surface area contributed by atoms with Gasteiger partial charge in [0.25, 0.3) is 0 Å².